The van der Waals surface area contributed by atoms with Gasteiger partial charge >= 0.3 is 5.97 Å². The van der Waals surface area contributed by atoms with Gasteiger partial charge in [0.25, 0.3) is 0 Å². The number of carbonyl (C=O) groups is 1. The predicted molar refractivity (Wildman–Crippen MR) is 138 cm³/mol. The Balaban J connectivity index is 1.36. The zero-order valence-corrected chi connectivity index (χ0v) is 21.6. The molecule has 1 fully saturated rings. The first-order chi connectivity index (χ1) is 18.2. The van der Waals surface area contributed by atoms with E-state index in [1.54, 1.807) is 0 Å². The van der Waals surface area contributed by atoms with Crippen LogP contribution in [0.25, 0.3) is 11.1 Å². The van der Waals surface area contributed by atoms with E-state index in [1.165, 1.54) is 42.5 Å². The summed E-state index contributed by atoms with van der Waals surface area (Å²) in [4.78, 5) is 14.6. The molecule has 0 aliphatic carbocycles. The van der Waals surface area contributed by atoms with Gasteiger partial charge in [-0.15, -0.1) is 0 Å². The number of nitrogens with zero attached hydrogens (tertiary/aromatic N) is 1. The van der Waals surface area contributed by atoms with Gasteiger partial charge < -0.3 is 14.6 Å². The van der Waals surface area contributed by atoms with Crippen LogP contribution < -0.4 is 0 Å². The lowest BCUT2D eigenvalue weighted by molar-refractivity contribution is 0.0348. The highest BCUT2D eigenvalue weighted by atomic mass is 32.2. The van der Waals surface area contributed by atoms with Crippen LogP contribution in [0.2, 0.25) is 0 Å². The summed E-state index contributed by atoms with van der Waals surface area (Å²) in [5, 5.41) is 10.4. The first kappa shape index (κ1) is 27.7. The molecule has 4 rings (SSSR count). The highest BCUT2D eigenvalue weighted by molar-refractivity contribution is 7.90. The van der Waals surface area contributed by atoms with Crippen molar-refractivity contribution in [2.75, 3.05) is 39.5 Å². The molecule has 0 unspecified atom stereocenters. The molecular weight excluding hydrogens is 516 g/mol. The third-order valence-corrected chi connectivity index (χ3v) is 7.96. The van der Waals surface area contributed by atoms with Crippen molar-refractivity contribution in [1.29, 1.82) is 0 Å². The van der Waals surface area contributed by atoms with Gasteiger partial charge in [0, 0.05) is 18.7 Å². The number of aromatic hydroxyl groups is 1. The molecule has 1 heterocycles. The van der Waals surface area contributed by atoms with Crippen molar-refractivity contribution in [3.63, 3.8) is 0 Å². The Morgan fingerprint density at radius 3 is 2.55 bits per heavy atom. The van der Waals surface area contributed by atoms with E-state index in [0.717, 1.165) is 57.5 Å². The molecule has 1 aliphatic rings. The van der Waals surface area contributed by atoms with Crippen molar-refractivity contribution in [2.24, 2.45) is 0 Å². The maximum atomic E-state index is 14.2. The standard InChI is InChI=1S/C28H29F2NO6S/c29-22-7-9-26(30)25(18-22)21-4-3-5-23(17-21)38(34,35)19-20-6-8-24(27(32)16-20)28(33)37-13-2-1-10-31-11-14-36-15-12-31/h3-9,16-18,32H,1-2,10-15,19H2. The predicted octanol–water partition coefficient (Wildman–Crippen LogP) is 4.58. The normalized spacial score (nSPS) is 14.4. The lowest BCUT2D eigenvalue weighted by Crippen LogP contribution is -2.36. The van der Waals surface area contributed by atoms with Crippen LogP contribution >= 0.6 is 0 Å². The number of phenolic OH excluding ortho intramolecular Hbond substituents is 1. The number of phenols is 1. The van der Waals surface area contributed by atoms with Crippen LogP contribution in [-0.2, 0) is 25.1 Å². The lowest BCUT2D eigenvalue weighted by Gasteiger charge is -2.26. The Labute approximate surface area is 220 Å². The SMILES string of the molecule is O=C(OCCCCN1CCOCC1)c1ccc(CS(=O)(=O)c2cccc(-c3cc(F)ccc3F)c2)cc1O. The summed E-state index contributed by atoms with van der Waals surface area (Å²) >= 11 is 0. The van der Waals surface area contributed by atoms with Gasteiger partial charge in [-0.25, -0.2) is 22.0 Å². The minimum atomic E-state index is -3.90. The zero-order valence-electron chi connectivity index (χ0n) is 20.7. The quantitative estimate of drug-likeness (QED) is 0.295. The van der Waals surface area contributed by atoms with E-state index in [1.807, 2.05) is 0 Å². The Bertz CT molecular complexity index is 1390. The summed E-state index contributed by atoms with van der Waals surface area (Å²) in [6.07, 6.45) is 1.54. The van der Waals surface area contributed by atoms with Gasteiger partial charge in [0.15, 0.2) is 9.84 Å². The number of halogens is 2. The molecule has 7 nitrogen and oxygen atoms in total. The Morgan fingerprint density at radius 1 is 1.00 bits per heavy atom. The van der Waals surface area contributed by atoms with Crippen molar-refractivity contribution < 1.29 is 36.6 Å². The van der Waals surface area contributed by atoms with E-state index in [0.29, 0.717) is 6.42 Å². The molecule has 0 saturated carbocycles. The molecule has 10 heteroatoms. The maximum Gasteiger partial charge on any atom is 0.341 e. The second-order valence-corrected chi connectivity index (χ2v) is 11.0. The molecule has 0 amide bonds. The van der Waals surface area contributed by atoms with Crippen LogP contribution in [0, 0.1) is 11.6 Å². The molecule has 0 radical (unpaired) electrons. The summed E-state index contributed by atoms with van der Waals surface area (Å²) in [7, 11) is -3.90. The monoisotopic (exact) mass is 545 g/mol. The number of carbonyl (C=O) groups excluding carboxylic acids is 1. The van der Waals surface area contributed by atoms with E-state index < -0.39 is 33.2 Å². The fraction of sp³-hybridized carbons (Fsp3) is 0.321. The summed E-state index contributed by atoms with van der Waals surface area (Å²) in [5.41, 5.74) is 0.368. The molecular formula is C28H29F2NO6S. The first-order valence-corrected chi connectivity index (χ1v) is 14.0. The van der Waals surface area contributed by atoms with E-state index in [2.05, 4.69) is 4.90 Å². The summed E-state index contributed by atoms with van der Waals surface area (Å²) < 4.78 is 64.4. The summed E-state index contributed by atoms with van der Waals surface area (Å²) in [6, 6.07) is 12.5. The molecule has 0 bridgehead atoms. The van der Waals surface area contributed by atoms with E-state index in [9.17, 15) is 27.1 Å². The van der Waals surface area contributed by atoms with Crippen molar-refractivity contribution in [1.82, 2.24) is 4.90 Å². The Kier molecular flexibility index (Phi) is 9.09. The molecule has 0 aromatic heterocycles. The first-order valence-electron chi connectivity index (χ1n) is 12.3. The summed E-state index contributed by atoms with van der Waals surface area (Å²) in [5.74, 6) is -2.85. The fourth-order valence-electron chi connectivity index (χ4n) is 4.22. The Hall–Kier alpha value is -3.34. The van der Waals surface area contributed by atoms with Crippen LogP contribution in [0.15, 0.2) is 65.6 Å². The van der Waals surface area contributed by atoms with Gasteiger partial charge in [-0.1, -0.05) is 18.2 Å². The van der Waals surface area contributed by atoms with Crippen LogP contribution in [0.1, 0.15) is 28.8 Å². The molecule has 1 saturated heterocycles. The van der Waals surface area contributed by atoms with Gasteiger partial charge in [-0.2, -0.15) is 0 Å². The average molecular weight is 546 g/mol. The molecule has 0 spiro atoms. The second kappa shape index (κ2) is 12.5. The van der Waals surface area contributed by atoms with Gasteiger partial charge in [-0.3, -0.25) is 4.90 Å². The van der Waals surface area contributed by atoms with Crippen LogP contribution in [-0.4, -0.2) is 63.8 Å². The lowest BCUT2D eigenvalue weighted by atomic mass is 10.1. The van der Waals surface area contributed by atoms with Crippen molar-refractivity contribution in [2.45, 2.75) is 23.5 Å². The molecule has 38 heavy (non-hydrogen) atoms. The molecule has 202 valence electrons. The topological polar surface area (TPSA) is 93.1 Å². The van der Waals surface area contributed by atoms with E-state index in [4.69, 9.17) is 9.47 Å². The highest BCUT2D eigenvalue weighted by Crippen LogP contribution is 2.28. The molecule has 3 aromatic rings. The minimum absolute atomic E-state index is 0.0522. The largest absolute Gasteiger partial charge is 0.507 e. The van der Waals surface area contributed by atoms with E-state index in [-0.39, 0.29) is 39.5 Å². The number of benzene rings is 3. The van der Waals surface area contributed by atoms with Crippen molar-refractivity contribution in [3.8, 4) is 16.9 Å². The molecule has 0 atom stereocenters. The number of rotatable bonds is 10. The number of morpholine rings is 1. The third-order valence-electron chi connectivity index (χ3n) is 6.28. The number of esters is 1. The van der Waals surface area contributed by atoms with Crippen molar-refractivity contribution in [3.05, 3.63) is 83.4 Å². The smallest absolute Gasteiger partial charge is 0.341 e. The molecule has 1 aliphatic heterocycles. The Morgan fingerprint density at radius 2 is 1.79 bits per heavy atom. The fourth-order valence-corrected chi connectivity index (χ4v) is 5.60. The van der Waals surface area contributed by atoms with Crippen LogP contribution in [0.4, 0.5) is 8.78 Å². The number of unbranched alkanes of at least 4 members (excludes halogenated alkanes) is 1. The minimum Gasteiger partial charge on any atom is -0.507 e. The van der Waals surface area contributed by atoms with Gasteiger partial charge in [0.2, 0.25) is 0 Å². The van der Waals surface area contributed by atoms with Gasteiger partial charge in [0.05, 0.1) is 30.5 Å². The number of hydrogen-bond acceptors (Lipinski definition) is 7. The number of hydrogen-bond donors (Lipinski definition) is 1. The second-order valence-electron chi connectivity index (χ2n) is 9.06. The molecule has 3 aromatic carbocycles. The molecule has 1 N–H and O–H groups in total. The average Bonchev–Trinajstić information content (AvgIpc) is 2.90. The highest BCUT2D eigenvalue weighted by Gasteiger charge is 2.20. The zero-order chi connectivity index (χ0) is 27.1. The third kappa shape index (κ3) is 7.15. The van der Waals surface area contributed by atoms with Gasteiger partial charge in [0.1, 0.15) is 22.9 Å². The van der Waals surface area contributed by atoms with Crippen LogP contribution in [0.3, 0.4) is 0 Å². The number of ether oxygens (including phenoxy) is 2. The van der Waals surface area contributed by atoms with Crippen LogP contribution in [0.5, 0.6) is 5.75 Å². The van der Waals surface area contributed by atoms with Gasteiger partial charge in [-0.05, 0) is 73.0 Å². The maximum absolute atomic E-state index is 14.2. The van der Waals surface area contributed by atoms with Crippen molar-refractivity contribution >= 4 is 15.8 Å². The summed E-state index contributed by atoms with van der Waals surface area (Å²) in [6.45, 7) is 4.36. The number of sulfone groups is 1. The van der Waals surface area contributed by atoms with E-state index >= 15 is 0 Å².